The van der Waals surface area contributed by atoms with E-state index < -0.39 is 11.9 Å². The van der Waals surface area contributed by atoms with Gasteiger partial charge in [-0.25, -0.2) is 4.79 Å². The van der Waals surface area contributed by atoms with E-state index in [0.29, 0.717) is 41.3 Å². The van der Waals surface area contributed by atoms with E-state index in [1.54, 1.807) is 6.07 Å². The summed E-state index contributed by atoms with van der Waals surface area (Å²) in [4.78, 5) is 26.5. The second kappa shape index (κ2) is 9.11. The van der Waals surface area contributed by atoms with E-state index in [9.17, 15) is 9.59 Å². The number of dihydropyridines is 1. The molecule has 0 unspecified atom stereocenters. The first kappa shape index (κ1) is 21.4. The maximum atomic E-state index is 13.5. The first-order valence-corrected chi connectivity index (χ1v) is 11.1. The summed E-state index contributed by atoms with van der Waals surface area (Å²) in [6, 6.07) is 17.5. The van der Waals surface area contributed by atoms with Gasteiger partial charge in [0.15, 0.2) is 5.78 Å². The molecule has 0 fully saturated rings. The molecule has 4 rings (SSSR count). The fraction of sp³-hybridized carbons (Fsp3) is 0.308. The number of halogens is 1. The Morgan fingerprint density at radius 2 is 1.81 bits per heavy atom. The van der Waals surface area contributed by atoms with Crippen LogP contribution in [0.1, 0.15) is 56.1 Å². The molecule has 31 heavy (non-hydrogen) atoms. The van der Waals surface area contributed by atoms with Crippen LogP contribution in [0.15, 0.2) is 77.1 Å². The van der Waals surface area contributed by atoms with E-state index in [1.807, 2.05) is 50.2 Å². The Kier molecular flexibility index (Phi) is 6.28. The highest BCUT2D eigenvalue weighted by Crippen LogP contribution is 2.47. The Bertz CT molecular complexity index is 1070. The molecule has 0 saturated heterocycles. The normalized spacial score (nSPS) is 20.9. The molecule has 0 aromatic heterocycles. The van der Waals surface area contributed by atoms with Gasteiger partial charge in [0.25, 0.3) is 0 Å². The van der Waals surface area contributed by atoms with Crippen LogP contribution in [0.2, 0.25) is 5.02 Å². The van der Waals surface area contributed by atoms with Crippen molar-refractivity contribution in [2.45, 2.75) is 44.9 Å². The number of ether oxygens (including phenoxy) is 1. The van der Waals surface area contributed by atoms with Gasteiger partial charge in [-0.1, -0.05) is 67.1 Å². The molecule has 0 spiro atoms. The Hall–Kier alpha value is -2.85. The molecule has 2 aromatic carbocycles. The quantitative estimate of drug-likeness (QED) is 0.616. The van der Waals surface area contributed by atoms with Crippen molar-refractivity contribution in [3.05, 3.63) is 93.3 Å². The van der Waals surface area contributed by atoms with E-state index in [2.05, 4.69) is 17.4 Å². The third-order valence-electron chi connectivity index (χ3n) is 5.97. The van der Waals surface area contributed by atoms with Gasteiger partial charge in [0.2, 0.25) is 0 Å². The summed E-state index contributed by atoms with van der Waals surface area (Å²) in [5.74, 6) is -0.783. The number of carbonyl (C=O) groups excluding carboxylic acids is 2. The van der Waals surface area contributed by atoms with Crippen LogP contribution >= 0.6 is 11.6 Å². The number of ketones is 1. The number of hydrogen-bond acceptors (Lipinski definition) is 4. The number of nitrogens with one attached hydrogen (secondary N) is 1. The Morgan fingerprint density at radius 3 is 2.52 bits per heavy atom. The van der Waals surface area contributed by atoms with Crippen molar-refractivity contribution >= 4 is 23.4 Å². The molecule has 5 heteroatoms. The van der Waals surface area contributed by atoms with Crippen LogP contribution in [0.5, 0.6) is 0 Å². The van der Waals surface area contributed by atoms with E-state index in [0.717, 1.165) is 23.2 Å². The zero-order chi connectivity index (χ0) is 22.0. The van der Waals surface area contributed by atoms with Gasteiger partial charge in [0.05, 0.1) is 12.2 Å². The van der Waals surface area contributed by atoms with Crippen molar-refractivity contribution in [3.8, 4) is 0 Å². The van der Waals surface area contributed by atoms with E-state index in [1.165, 1.54) is 0 Å². The molecule has 0 bridgehead atoms. The number of allylic oxidation sites excluding steroid dienone is 3. The van der Waals surface area contributed by atoms with Gasteiger partial charge >= 0.3 is 5.97 Å². The second-order valence-corrected chi connectivity index (χ2v) is 8.49. The minimum absolute atomic E-state index is 0.0424. The minimum atomic E-state index is -0.529. The zero-order valence-electron chi connectivity index (χ0n) is 17.8. The van der Waals surface area contributed by atoms with Crippen molar-refractivity contribution in [2.75, 3.05) is 6.61 Å². The van der Waals surface area contributed by atoms with Crippen LogP contribution in [-0.2, 0) is 14.3 Å². The SMILES string of the molecule is CCCOC(=O)C1=C(C)NC2=C(C(=O)C[C@@H](c3ccccc3)C2)[C@H]1c1ccccc1Cl. The number of carbonyl (C=O) groups is 2. The van der Waals surface area contributed by atoms with Crippen LogP contribution in [0, 0.1) is 0 Å². The van der Waals surface area contributed by atoms with Crippen molar-refractivity contribution in [3.63, 3.8) is 0 Å². The number of benzene rings is 2. The molecular formula is C26H26ClNO3. The summed E-state index contributed by atoms with van der Waals surface area (Å²) < 4.78 is 5.48. The molecule has 0 amide bonds. The largest absolute Gasteiger partial charge is 0.462 e. The predicted molar refractivity (Wildman–Crippen MR) is 122 cm³/mol. The number of rotatable bonds is 5. The van der Waals surface area contributed by atoms with E-state index >= 15 is 0 Å². The van der Waals surface area contributed by atoms with Gasteiger partial charge in [-0.05, 0) is 42.9 Å². The smallest absolute Gasteiger partial charge is 0.336 e. The van der Waals surface area contributed by atoms with Crippen molar-refractivity contribution in [1.82, 2.24) is 5.32 Å². The lowest BCUT2D eigenvalue weighted by atomic mass is 9.71. The summed E-state index contributed by atoms with van der Waals surface area (Å²) >= 11 is 6.55. The van der Waals surface area contributed by atoms with E-state index in [4.69, 9.17) is 16.3 Å². The molecule has 1 aliphatic heterocycles. The summed E-state index contributed by atoms with van der Waals surface area (Å²) in [5.41, 5.74) is 4.59. The lowest BCUT2D eigenvalue weighted by Crippen LogP contribution is -2.36. The number of Topliss-reactive ketones (excluding diaryl/α,β-unsaturated/α-hetero) is 1. The van der Waals surface area contributed by atoms with Crippen LogP contribution in [0.4, 0.5) is 0 Å². The molecule has 160 valence electrons. The van der Waals surface area contributed by atoms with Crippen LogP contribution in [0.3, 0.4) is 0 Å². The maximum absolute atomic E-state index is 13.5. The Balaban J connectivity index is 1.80. The van der Waals surface area contributed by atoms with Crippen molar-refractivity contribution in [2.24, 2.45) is 0 Å². The molecule has 4 nitrogen and oxygen atoms in total. The zero-order valence-corrected chi connectivity index (χ0v) is 18.5. The first-order chi connectivity index (χ1) is 15.0. The molecule has 1 N–H and O–H groups in total. The van der Waals surface area contributed by atoms with Gasteiger partial charge in [0, 0.05) is 34.3 Å². The molecule has 2 aromatic rings. The number of hydrogen-bond donors (Lipinski definition) is 1. The third kappa shape index (κ3) is 4.17. The van der Waals surface area contributed by atoms with Crippen LogP contribution in [0.25, 0.3) is 0 Å². The van der Waals surface area contributed by atoms with Gasteiger partial charge < -0.3 is 10.1 Å². The summed E-state index contributed by atoms with van der Waals surface area (Å²) in [6.45, 7) is 4.15. The van der Waals surface area contributed by atoms with Crippen molar-refractivity contribution < 1.29 is 14.3 Å². The average molecular weight is 436 g/mol. The molecule has 2 aliphatic rings. The van der Waals surface area contributed by atoms with Crippen LogP contribution in [-0.4, -0.2) is 18.4 Å². The summed E-state index contributed by atoms with van der Waals surface area (Å²) in [6.07, 6.45) is 1.84. The van der Waals surface area contributed by atoms with Gasteiger partial charge in [-0.15, -0.1) is 0 Å². The molecule has 0 saturated carbocycles. The highest BCUT2D eigenvalue weighted by atomic mass is 35.5. The summed E-state index contributed by atoms with van der Waals surface area (Å²) in [5, 5.41) is 3.90. The lowest BCUT2D eigenvalue weighted by molar-refractivity contribution is -0.139. The molecule has 2 atom stereocenters. The fourth-order valence-corrected chi connectivity index (χ4v) is 4.81. The topological polar surface area (TPSA) is 55.4 Å². The molecule has 1 aliphatic carbocycles. The fourth-order valence-electron chi connectivity index (χ4n) is 4.56. The lowest BCUT2D eigenvalue weighted by Gasteiger charge is -2.37. The molecular weight excluding hydrogens is 410 g/mol. The Labute approximate surface area is 187 Å². The highest BCUT2D eigenvalue weighted by molar-refractivity contribution is 6.31. The first-order valence-electron chi connectivity index (χ1n) is 10.7. The van der Waals surface area contributed by atoms with Gasteiger partial charge in [0.1, 0.15) is 0 Å². The standard InChI is InChI=1S/C26H26ClNO3/c1-3-13-31-26(30)23-16(2)28-21-14-18(17-9-5-4-6-10-17)15-22(29)25(21)24(23)19-11-7-8-12-20(19)27/h4-12,18,24,28H,3,13-15H2,1-2H3/t18-,24-/m0/s1. The van der Waals surface area contributed by atoms with Gasteiger partial charge in [-0.2, -0.15) is 0 Å². The average Bonchev–Trinajstić information content (AvgIpc) is 2.77. The maximum Gasteiger partial charge on any atom is 0.336 e. The summed E-state index contributed by atoms with van der Waals surface area (Å²) in [7, 11) is 0. The van der Waals surface area contributed by atoms with Crippen LogP contribution < -0.4 is 5.32 Å². The highest BCUT2D eigenvalue weighted by Gasteiger charge is 2.42. The monoisotopic (exact) mass is 435 g/mol. The minimum Gasteiger partial charge on any atom is -0.462 e. The Morgan fingerprint density at radius 1 is 1.10 bits per heavy atom. The third-order valence-corrected chi connectivity index (χ3v) is 6.32. The molecule has 0 radical (unpaired) electrons. The predicted octanol–water partition coefficient (Wildman–Crippen LogP) is 5.65. The molecule has 1 heterocycles. The van der Waals surface area contributed by atoms with Crippen molar-refractivity contribution in [1.29, 1.82) is 0 Å². The second-order valence-electron chi connectivity index (χ2n) is 8.09. The number of esters is 1. The van der Waals surface area contributed by atoms with E-state index in [-0.39, 0.29) is 11.7 Å². The van der Waals surface area contributed by atoms with Gasteiger partial charge in [-0.3, -0.25) is 4.79 Å².